The van der Waals surface area contributed by atoms with Gasteiger partial charge in [-0.1, -0.05) is 35.0 Å². The zero-order valence-corrected chi connectivity index (χ0v) is 12.5. The van der Waals surface area contributed by atoms with Gasteiger partial charge in [-0.05, 0) is 18.6 Å². The first-order valence-corrected chi connectivity index (χ1v) is 7.42. The smallest absolute Gasteiger partial charge is 0.159 e. The van der Waals surface area contributed by atoms with Gasteiger partial charge in [0.1, 0.15) is 0 Å². The van der Waals surface area contributed by atoms with Crippen LogP contribution in [-0.2, 0) is 19.4 Å². The molecule has 98 valence electrons. The van der Waals surface area contributed by atoms with E-state index in [2.05, 4.69) is 40.3 Å². The Kier molecular flexibility index (Phi) is 3.62. The van der Waals surface area contributed by atoms with E-state index in [1.807, 2.05) is 12.1 Å². The zero-order chi connectivity index (χ0) is 13.2. The molecule has 1 aromatic heterocycles. The molecule has 1 N–H and O–H groups in total. The van der Waals surface area contributed by atoms with Crippen LogP contribution >= 0.6 is 15.9 Å². The van der Waals surface area contributed by atoms with E-state index in [0.717, 1.165) is 41.8 Å². The topological polar surface area (TPSA) is 37.8 Å². The van der Waals surface area contributed by atoms with E-state index >= 15 is 0 Å². The Balaban J connectivity index is 2.12. The third-order valence-electron chi connectivity index (χ3n) is 3.44. The van der Waals surface area contributed by atoms with Crippen molar-refractivity contribution < 1.29 is 0 Å². The molecule has 0 fully saturated rings. The van der Waals surface area contributed by atoms with Gasteiger partial charge in [-0.3, -0.25) is 0 Å². The van der Waals surface area contributed by atoms with E-state index in [-0.39, 0.29) is 0 Å². The number of nitrogens with zero attached hydrogens (tertiary/aromatic N) is 2. The van der Waals surface area contributed by atoms with Gasteiger partial charge in [0.25, 0.3) is 0 Å². The highest BCUT2D eigenvalue weighted by molar-refractivity contribution is 9.10. The van der Waals surface area contributed by atoms with E-state index < -0.39 is 0 Å². The first kappa shape index (κ1) is 12.8. The van der Waals surface area contributed by atoms with E-state index in [1.54, 1.807) is 0 Å². The number of rotatable bonds is 2. The van der Waals surface area contributed by atoms with Crippen molar-refractivity contribution in [1.29, 1.82) is 0 Å². The summed E-state index contributed by atoms with van der Waals surface area (Å²) in [5.74, 6) is 0.846. The number of benzene rings is 1. The minimum Gasteiger partial charge on any atom is -0.312 e. The number of hydrogen-bond donors (Lipinski definition) is 1. The van der Waals surface area contributed by atoms with Crippen LogP contribution in [0.4, 0.5) is 0 Å². The molecule has 3 rings (SSSR count). The number of halogens is 1. The van der Waals surface area contributed by atoms with Crippen molar-refractivity contribution in [3.63, 3.8) is 0 Å². The fourth-order valence-electron chi connectivity index (χ4n) is 2.46. The van der Waals surface area contributed by atoms with Crippen LogP contribution in [-0.4, -0.2) is 16.5 Å². The molecule has 0 spiro atoms. The molecule has 0 unspecified atom stereocenters. The van der Waals surface area contributed by atoms with Gasteiger partial charge in [0.15, 0.2) is 5.82 Å². The maximum Gasteiger partial charge on any atom is 0.159 e. The highest BCUT2D eigenvalue weighted by atomic mass is 79.9. The summed E-state index contributed by atoms with van der Waals surface area (Å²) in [5.41, 5.74) is 4.76. The van der Waals surface area contributed by atoms with Crippen molar-refractivity contribution in [3.05, 3.63) is 45.7 Å². The van der Waals surface area contributed by atoms with Crippen molar-refractivity contribution in [2.45, 2.75) is 26.3 Å². The Labute approximate surface area is 121 Å². The van der Waals surface area contributed by atoms with Crippen LogP contribution in [0.25, 0.3) is 11.4 Å². The zero-order valence-electron chi connectivity index (χ0n) is 10.9. The summed E-state index contributed by atoms with van der Waals surface area (Å²) in [5, 5.41) is 3.40. The Morgan fingerprint density at radius 3 is 3.00 bits per heavy atom. The van der Waals surface area contributed by atoms with E-state index in [4.69, 9.17) is 9.97 Å². The molecule has 2 aromatic rings. The fourth-order valence-corrected chi connectivity index (χ4v) is 2.86. The van der Waals surface area contributed by atoms with Gasteiger partial charge in [-0.15, -0.1) is 0 Å². The first-order valence-electron chi connectivity index (χ1n) is 6.63. The SMILES string of the molecule is CCc1nc(-c2cccc(Br)c2)nc2c1CNCC2. The lowest BCUT2D eigenvalue weighted by molar-refractivity contribution is 0.618. The van der Waals surface area contributed by atoms with Crippen LogP contribution < -0.4 is 5.32 Å². The number of nitrogens with one attached hydrogen (secondary N) is 1. The lowest BCUT2D eigenvalue weighted by Gasteiger charge is -2.19. The van der Waals surface area contributed by atoms with Crippen molar-refractivity contribution in [1.82, 2.24) is 15.3 Å². The number of fused-ring (bicyclic) bond motifs is 1. The molecule has 1 aromatic carbocycles. The van der Waals surface area contributed by atoms with Crippen molar-refractivity contribution >= 4 is 15.9 Å². The number of aromatic nitrogens is 2. The molecule has 3 nitrogen and oxygen atoms in total. The van der Waals surface area contributed by atoms with Crippen LogP contribution in [0, 0.1) is 0 Å². The largest absolute Gasteiger partial charge is 0.312 e. The van der Waals surface area contributed by atoms with Gasteiger partial charge in [0.2, 0.25) is 0 Å². The van der Waals surface area contributed by atoms with E-state index in [0.29, 0.717) is 0 Å². The second-order valence-corrected chi connectivity index (χ2v) is 5.63. The summed E-state index contributed by atoms with van der Waals surface area (Å²) in [6, 6.07) is 8.18. The average molecular weight is 318 g/mol. The lowest BCUT2D eigenvalue weighted by atomic mass is 10.0. The van der Waals surface area contributed by atoms with Crippen molar-refractivity contribution in [3.8, 4) is 11.4 Å². The molecule has 0 saturated carbocycles. The summed E-state index contributed by atoms with van der Waals surface area (Å²) in [6.07, 6.45) is 1.94. The van der Waals surface area contributed by atoms with E-state index in [9.17, 15) is 0 Å². The molecular weight excluding hydrogens is 302 g/mol. The monoisotopic (exact) mass is 317 g/mol. The minimum absolute atomic E-state index is 0.846. The molecule has 2 heterocycles. The first-order chi connectivity index (χ1) is 9.28. The van der Waals surface area contributed by atoms with Crippen molar-refractivity contribution in [2.24, 2.45) is 0 Å². The number of hydrogen-bond acceptors (Lipinski definition) is 3. The molecule has 4 heteroatoms. The van der Waals surface area contributed by atoms with Gasteiger partial charge in [-0.25, -0.2) is 9.97 Å². The normalized spacial score (nSPS) is 14.2. The minimum atomic E-state index is 0.846. The molecular formula is C15H16BrN3. The summed E-state index contributed by atoms with van der Waals surface area (Å²) in [4.78, 5) is 9.51. The summed E-state index contributed by atoms with van der Waals surface area (Å²) < 4.78 is 1.06. The fraction of sp³-hybridized carbons (Fsp3) is 0.333. The Bertz CT molecular complexity index is 593. The third-order valence-corrected chi connectivity index (χ3v) is 3.93. The number of aryl methyl sites for hydroxylation is 1. The maximum absolute atomic E-state index is 4.76. The molecule has 0 saturated heterocycles. The van der Waals surface area contributed by atoms with Crippen LogP contribution in [0.2, 0.25) is 0 Å². The Hall–Kier alpha value is -1.26. The van der Waals surface area contributed by atoms with Gasteiger partial charge in [0.05, 0.1) is 5.69 Å². The highest BCUT2D eigenvalue weighted by Crippen LogP contribution is 2.24. The second-order valence-electron chi connectivity index (χ2n) is 4.71. The molecule has 1 aliphatic rings. The van der Waals surface area contributed by atoms with Crippen LogP contribution in [0.1, 0.15) is 23.9 Å². The molecule has 0 radical (unpaired) electrons. The molecule has 0 amide bonds. The van der Waals surface area contributed by atoms with E-state index in [1.165, 1.54) is 17.0 Å². The van der Waals surface area contributed by atoms with Gasteiger partial charge >= 0.3 is 0 Å². The van der Waals surface area contributed by atoms with Gasteiger partial charge in [0, 0.05) is 40.8 Å². The summed E-state index contributed by atoms with van der Waals surface area (Å²) in [6.45, 7) is 4.06. The highest BCUT2D eigenvalue weighted by Gasteiger charge is 2.17. The van der Waals surface area contributed by atoms with Crippen molar-refractivity contribution in [2.75, 3.05) is 6.54 Å². The molecule has 0 aliphatic carbocycles. The quantitative estimate of drug-likeness (QED) is 0.924. The standard InChI is InChI=1S/C15H16BrN3/c1-2-13-12-9-17-7-6-14(12)19-15(18-13)10-4-3-5-11(16)8-10/h3-5,8,17H,2,6-7,9H2,1H3. The molecule has 0 atom stereocenters. The molecule has 1 aliphatic heterocycles. The lowest BCUT2D eigenvalue weighted by Crippen LogP contribution is -2.26. The predicted octanol–water partition coefficient (Wildman–Crippen LogP) is 3.11. The summed E-state index contributed by atoms with van der Waals surface area (Å²) in [7, 11) is 0. The maximum atomic E-state index is 4.76. The van der Waals surface area contributed by atoms with Gasteiger partial charge < -0.3 is 5.32 Å². The molecule has 0 bridgehead atoms. The Morgan fingerprint density at radius 2 is 2.21 bits per heavy atom. The average Bonchev–Trinajstić information content (AvgIpc) is 2.46. The van der Waals surface area contributed by atoms with Crippen LogP contribution in [0.5, 0.6) is 0 Å². The second kappa shape index (κ2) is 5.39. The van der Waals surface area contributed by atoms with Crippen LogP contribution in [0.15, 0.2) is 28.7 Å². The van der Waals surface area contributed by atoms with Gasteiger partial charge in [-0.2, -0.15) is 0 Å². The predicted molar refractivity (Wildman–Crippen MR) is 80.0 cm³/mol. The summed E-state index contributed by atoms with van der Waals surface area (Å²) >= 11 is 3.50. The van der Waals surface area contributed by atoms with Crippen LogP contribution in [0.3, 0.4) is 0 Å². The Morgan fingerprint density at radius 1 is 1.32 bits per heavy atom. The molecule has 19 heavy (non-hydrogen) atoms. The third kappa shape index (κ3) is 2.55.